The molecular weight excluding hydrogens is 730 g/mol. The average molecular weight is 776 g/mol. The first-order valence-electron chi connectivity index (χ1n) is 18.6. The lowest BCUT2D eigenvalue weighted by atomic mass is 9.76. The van der Waals surface area contributed by atoms with Gasteiger partial charge in [-0.2, -0.15) is 4.98 Å². The number of nitrogens with one attached hydrogen (secondary N) is 1. The number of aromatic nitrogens is 4. The Balaban J connectivity index is 1.47. The van der Waals surface area contributed by atoms with Gasteiger partial charge in [-0.05, 0) is 59.5 Å². The molecule has 5 atom stereocenters. The summed E-state index contributed by atoms with van der Waals surface area (Å²) in [4.78, 5) is 39.0. The number of aromatic amines is 1. The molecule has 57 heavy (non-hydrogen) atoms. The summed E-state index contributed by atoms with van der Waals surface area (Å²) >= 11 is 0. The minimum atomic E-state index is -2.02. The SMILES string of the molecule is CCCCC(OC(c1ccccc1)(c1ccc(OC)cc1)c1ccc(OC)cc1)(C(=O)COc1ccccc1)[C@H]1O[C@@H](n2cnc3c(=O)[nH]c(N)nc32)[C@H](O)[C@@H]1O. The Bertz CT molecular complexity index is 2290. The van der Waals surface area contributed by atoms with Gasteiger partial charge in [0.15, 0.2) is 23.0 Å². The number of methoxy groups -OCH3 is 2. The van der Waals surface area contributed by atoms with Gasteiger partial charge in [0, 0.05) is 0 Å². The van der Waals surface area contributed by atoms with Gasteiger partial charge in [0.25, 0.3) is 5.56 Å². The van der Waals surface area contributed by atoms with Gasteiger partial charge in [0.05, 0.1) is 20.5 Å². The number of aliphatic hydroxyl groups is 2. The van der Waals surface area contributed by atoms with E-state index < -0.39 is 53.7 Å². The van der Waals surface area contributed by atoms with Gasteiger partial charge in [-0.15, -0.1) is 0 Å². The summed E-state index contributed by atoms with van der Waals surface area (Å²) in [5, 5.41) is 24.0. The van der Waals surface area contributed by atoms with E-state index in [2.05, 4.69) is 15.0 Å². The Morgan fingerprint density at radius 2 is 1.42 bits per heavy atom. The third-order valence-electron chi connectivity index (χ3n) is 10.4. The molecule has 1 aliphatic heterocycles. The maximum Gasteiger partial charge on any atom is 0.280 e. The van der Waals surface area contributed by atoms with E-state index in [0.29, 0.717) is 46.8 Å². The van der Waals surface area contributed by atoms with Gasteiger partial charge in [-0.1, -0.05) is 92.6 Å². The van der Waals surface area contributed by atoms with E-state index in [4.69, 9.17) is 29.4 Å². The summed E-state index contributed by atoms with van der Waals surface area (Å²) in [6.07, 6.45) is -3.84. The second kappa shape index (κ2) is 16.6. The van der Waals surface area contributed by atoms with Crippen LogP contribution in [0.4, 0.5) is 5.95 Å². The van der Waals surface area contributed by atoms with Crippen molar-refractivity contribution in [2.45, 2.75) is 61.9 Å². The summed E-state index contributed by atoms with van der Waals surface area (Å²) in [6.45, 7) is 1.50. The smallest absolute Gasteiger partial charge is 0.280 e. The fourth-order valence-corrected chi connectivity index (χ4v) is 7.51. The third-order valence-corrected chi connectivity index (χ3v) is 10.4. The number of imidazole rings is 1. The van der Waals surface area contributed by atoms with E-state index in [-0.39, 0.29) is 23.5 Å². The van der Waals surface area contributed by atoms with Crippen molar-refractivity contribution in [1.29, 1.82) is 0 Å². The Hall–Kier alpha value is -6.06. The quantitative estimate of drug-likeness (QED) is 0.0972. The van der Waals surface area contributed by atoms with Gasteiger partial charge in [-0.3, -0.25) is 19.1 Å². The Morgan fingerprint density at radius 3 is 2.00 bits per heavy atom. The minimum Gasteiger partial charge on any atom is -0.497 e. The highest BCUT2D eigenvalue weighted by molar-refractivity contribution is 5.90. The lowest BCUT2D eigenvalue weighted by Gasteiger charge is -2.47. The van der Waals surface area contributed by atoms with E-state index >= 15 is 4.79 Å². The van der Waals surface area contributed by atoms with Gasteiger partial charge >= 0.3 is 0 Å². The molecule has 1 saturated heterocycles. The second-order valence-electron chi connectivity index (χ2n) is 13.8. The van der Waals surface area contributed by atoms with Crippen LogP contribution in [0.15, 0.2) is 120 Å². The highest BCUT2D eigenvalue weighted by atomic mass is 16.6. The molecule has 296 valence electrons. The molecule has 5 N–H and O–H groups in total. The number of anilines is 1. The van der Waals surface area contributed by atoms with Crippen LogP contribution in [0.2, 0.25) is 0 Å². The lowest BCUT2D eigenvalue weighted by Crippen LogP contribution is -2.61. The van der Waals surface area contributed by atoms with Crippen LogP contribution >= 0.6 is 0 Å². The van der Waals surface area contributed by atoms with E-state index in [1.54, 1.807) is 62.8 Å². The van der Waals surface area contributed by atoms with Gasteiger partial charge in [-0.25, -0.2) is 4.98 Å². The number of nitrogen functional groups attached to an aromatic ring is 1. The number of H-pyrrole nitrogens is 1. The van der Waals surface area contributed by atoms with E-state index in [1.165, 1.54) is 10.9 Å². The van der Waals surface area contributed by atoms with Crippen molar-refractivity contribution in [3.63, 3.8) is 0 Å². The van der Waals surface area contributed by atoms with Crippen LogP contribution < -0.4 is 25.5 Å². The van der Waals surface area contributed by atoms with Crippen molar-refractivity contribution < 1.29 is 38.7 Å². The summed E-state index contributed by atoms with van der Waals surface area (Å²) in [5.41, 5.74) is 3.59. The number of carbonyl (C=O) groups is 1. The molecule has 1 aliphatic rings. The zero-order valence-corrected chi connectivity index (χ0v) is 31.8. The molecule has 14 nitrogen and oxygen atoms in total. The zero-order chi connectivity index (χ0) is 40.2. The lowest BCUT2D eigenvalue weighted by molar-refractivity contribution is -0.212. The molecule has 7 rings (SSSR count). The van der Waals surface area contributed by atoms with Crippen LogP contribution in [-0.4, -0.2) is 80.3 Å². The fraction of sp³-hybridized carbons (Fsp3) is 0.302. The molecule has 0 aliphatic carbocycles. The van der Waals surface area contributed by atoms with Crippen molar-refractivity contribution in [1.82, 2.24) is 19.5 Å². The number of unbranched alkanes of at least 4 members (excludes halogenated alkanes) is 1. The van der Waals surface area contributed by atoms with Gasteiger partial charge in [0.2, 0.25) is 11.7 Å². The standard InChI is InChI=1S/C43H45N5O9/c1-4-5-24-42(33(49)25-55-32-14-10-7-11-15-32,37-35(50)36(51)40(56-37)48-26-45-34-38(48)46-41(44)47-39(34)52)57-43(27-12-8-6-9-13-27,28-16-20-30(53-2)21-17-28)29-18-22-31(54-3)23-19-29/h6-23,26,35-37,40,50-51H,4-5,24-25H2,1-3H3,(H3,44,46,47,52)/t35-,36+,37-,40+,42?/m0/s1. The number of para-hydroxylation sites is 1. The van der Waals surface area contributed by atoms with E-state index in [0.717, 1.165) is 0 Å². The number of hydrogen-bond acceptors (Lipinski definition) is 12. The maximum atomic E-state index is 15.4. The molecule has 0 amide bonds. The van der Waals surface area contributed by atoms with Crippen LogP contribution in [0.3, 0.4) is 0 Å². The number of nitrogens with two attached hydrogens (primary N) is 1. The monoisotopic (exact) mass is 775 g/mol. The number of rotatable bonds is 16. The van der Waals surface area contributed by atoms with Crippen LogP contribution in [0.1, 0.15) is 49.1 Å². The maximum absolute atomic E-state index is 15.4. The van der Waals surface area contributed by atoms with E-state index in [1.807, 2.05) is 67.6 Å². The molecular formula is C43H45N5O9. The van der Waals surface area contributed by atoms with Crippen molar-refractivity contribution in [3.05, 3.63) is 143 Å². The number of benzene rings is 4. The Kier molecular flexibility index (Phi) is 11.4. The second-order valence-corrected chi connectivity index (χ2v) is 13.8. The highest BCUT2D eigenvalue weighted by Gasteiger charge is 2.61. The molecule has 0 saturated carbocycles. The topological polar surface area (TPSA) is 193 Å². The third kappa shape index (κ3) is 7.35. The first-order valence-corrected chi connectivity index (χ1v) is 18.6. The first kappa shape index (κ1) is 39.2. The number of nitrogens with zero attached hydrogens (tertiary/aromatic N) is 3. The molecule has 2 aromatic heterocycles. The Labute approximate surface area is 328 Å². The van der Waals surface area contributed by atoms with Crippen LogP contribution in [0.5, 0.6) is 17.2 Å². The molecule has 1 unspecified atom stereocenters. The summed E-state index contributed by atoms with van der Waals surface area (Å²) in [7, 11) is 3.15. The average Bonchev–Trinajstić information content (AvgIpc) is 3.80. The number of ether oxygens (including phenoxy) is 5. The van der Waals surface area contributed by atoms with Crippen LogP contribution in [0.25, 0.3) is 11.2 Å². The van der Waals surface area contributed by atoms with Crippen LogP contribution in [0, 0.1) is 0 Å². The molecule has 3 heterocycles. The number of fused-ring (bicyclic) bond motifs is 1. The molecule has 0 radical (unpaired) electrons. The van der Waals surface area contributed by atoms with Crippen molar-refractivity contribution in [2.75, 3.05) is 26.6 Å². The van der Waals surface area contributed by atoms with Crippen LogP contribution in [-0.2, 0) is 19.9 Å². The molecule has 4 aromatic carbocycles. The zero-order valence-electron chi connectivity index (χ0n) is 31.8. The first-order chi connectivity index (χ1) is 27.6. The number of hydrogen-bond donors (Lipinski definition) is 4. The minimum absolute atomic E-state index is 0.0158. The predicted octanol–water partition coefficient (Wildman–Crippen LogP) is 4.92. The van der Waals surface area contributed by atoms with E-state index in [9.17, 15) is 15.0 Å². The van der Waals surface area contributed by atoms with Crippen molar-refractivity contribution >= 4 is 22.9 Å². The number of Topliss-reactive ketones (excluding diaryl/α,β-unsaturated/α-hetero) is 1. The van der Waals surface area contributed by atoms with Crippen molar-refractivity contribution in [2.24, 2.45) is 0 Å². The number of ketones is 1. The summed E-state index contributed by atoms with van der Waals surface area (Å²) in [6, 6.07) is 33.0. The molecule has 0 spiro atoms. The van der Waals surface area contributed by atoms with Gasteiger partial charge in [0.1, 0.15) is 47.8 Å². The van der Waals surface area contributed by atoms with Gasteiger partial charge < -0.3 is 39.6 Å². The number of carbonyl (C=O) groups excluding carboxylic acids is 1. The highest BCUT2D eigenvalue weighted by Crippen LogP contribution is 2.49. The number of aliphatic hydroxyl groups excluding tert-OH is 2. The Morgan fingerprint density at radius 1 is 0.842 bits per heavy atom. The molecule has 14 heteroatoms. The summed E-state index contributed by atoms with van der Waals surface area (Å²) in [5.74, 6) is 0.912. The predicted molar refractivity (Wildman–Crippen MR) is 211 cm³/mol. The molecule has 0 bridgehead atoms. The normalized spacial score (nSPS) is 19.2. The summed E-state index contributed by atoms with van der Waals surface area (Å²) < 4.78 is 32.8. The molecule has 1 fully saturated rings. The van der Waals surface area contributed by atoms with Crippen molar-refractivity contribution in [3.8, 4) is 17.2 Å². The fourth-order valence-electron chi connectivity index (χ4n) is 7.51. The molecule has 6 aromatic rings. The largest absolute Gasteiger partial charge is 0.497 e.